The van der Waals surface area contributed by atoms with Gasteiger partial charge in [-0.3, -0.25) is 4.79 Å². The highest BCUT2D eigenvalue weighted by Crippen LogP contribution is 2.27. The first-order chi connectivity index (χ1) is 10.7. The van der Waals surface area contributed by atoms with Crippen molar-refractivity contribution < 1.29 is 13.9 Å². The quantitative estimate of drug-likeness (QED) is 0.898. The average molecular weight is 306 g/mol. The van der Waals surface area contributed by atoms with E-state index >= 15 is 0 Å². The summed E-state index contributed by atoms with van der Waals surface area (Å²) in [6, 6.07) is 4.47. The molecule has 0 aromatic heterocycles. The van der Waals surface area contributed by atoms with Crippen molar-refractivity contribution in [1.82, 2.24) is 5.32 Å². The van der Waals surface area contributed by atoms with Gasteiger partial charge in [0.05, 0.1) is 12.1 Å². The lowest BCUT2D eigenvalue weighted by atomic mass is 10.0. The van der Waals surface area contributed by atoms with Crippen LogP contribution < -0.4 is 15.4 Å². The molecule has 2 fully saturated rings. The third-order valence-corrected chi connectivity index (χ3v) is 4.42. The fourth-order valence-corrected chi connectivity index (χ4v) is 3.16. The van der Waals surface area contributed by atoms with E-state index in [9.17, 15) is 9.18 Å². The second-order valence-corrected chi connectivity index (χ2v) is 6.16. The molecule has 1 aromatic carbocycles. The molecule has 2 aliphatic rings. The summed E-state index contributed by atoms with van der Waals surface area (Å²) in [5, 5.41) is 5.96. The van der Waals surface area contributed by atoms with Crippen LogP contribution in [-0.4, -0.2) is 24.6 Å². The molecule has 1 aliphatic heterocycles. The van der Waals surface area contributed by atoms with Gasteiger partial charge in [0.1, 0.15) is 0 Å². The number of carbonyl (C=O) groups is 1. The summed E-state index contributed by atoms with van der Waals surface area (Å²) in [7, 11) is 0. The molecule has 1 atom stereocenters. The molecule has 1 amide bonds. The predicted molar refractivity (Wildman–Crippen MR) is 83.6 cm³/mol. The second-order valence-electron chi connectivity index (χ2n) is 6.16. The van der Waals surface area contributed by atoms with Crippen LogP contribution >= 0.6 is 0 Å². The molecule has 120 valence electrons. The molecule has 5 heteroatoms. The van der Waals surface area contributed by atoms with E-state index < -0.39 is 5.82 Å². The van der Waals surface area contributed by atoms with Gasteiger partial charge in [-0.2, -0.15) is 0 Å². The Balaban J connectivity index is 1.59. The van der Waals surface area contributed by atoms with E-state index in [0.29, 0.717) is 5.69 Å². The standard InChI is InChI=1S/C17H23FN2O2/c18-14-11-12(20-17(21)15-7-3-4-10-19-15)8-9-16(14)22-13-5-1-2-6-13/h8-9,11,13,15,19H,1-7,10H2,(H,20,21). The van der Waals surface area contributed by atoms with Crippen molar-refractivity contribution >= 4 is 11.6 Å². The number of benzene rings is 1. The average Bonchev–Trinajstić information content (AvgIpc) is 3.04. The number of nitrogens with one attached hydrogen (secondary N) is 2. The van der Waals surface area contributed by atoms with Crippen LogP contribution in [-0.2, 0) is 4.79 Å². The fraction of sp³-hybridized carbons (Fsp3) is 0.588. The van der Waals surface area contributed by atoms with Gasteiger partial charge in [0.15, 0.2) is 11.6 Å². The third-order valence-electron chi connectivity index (χ3n) is 4.42. The van der Waals surface area contributed by atoms with Gasteiger partial charge in [-0.05, 0) is 57.2 Å². The Hall–Kier alpha value is -1.62. The highest BCUT2D eigenvalue weighted by Gasteiger charge is 2.21. The number of hydrogen-bond acceptors (Lipinski definition) is 3. The first kappa shape index (κ1) is 15.3. The number of amides is 1. The van der Waals surface area contributed by atoms with Crippen molar-refractivity contribution in [2.45, 2.75) is 57.1 Å². The lowest BCUT2D eigenvalue weighted by Gasteiger charge is -2.22. The summed E-state index contributed by atoms with van der Waals surface area (Å²) in [4.78, 5) is 12.1. The van der Waals surface area contributed by atoms with Gasteiger partial charge in [0.25, 0.3) is 0 Å². The zero-order valence-corrected chi connectivity index (χ0v) is 12.7. The van der Waals surface area contributed by atoms with Crippen LogP contribution in [0.25, 0.3) is 0 Å². The van der Waals surface area contributed by atoms with E-state index in [1.54, 1.807) is 12.1 Å². The third kappa shape index (κ3) is 3.77. The molecule has 1 heterocycles. The monoisotopic (exact) mass is 306 g/mol. The van der Waals surface area contributed by atoms with Crippen LogP contribution in [0, 0.1) is 5.82 Å². The van der Waals surface area contributed by atoms with E-state index in [4.69, 9.17) is 4.74 Å². The maximum absolute atomic E-state index is 14.1. The Kier molecular flexibility index (Phi) is 4.93. The van der Waals surface area contributed by atoms with Gasteiger partial charge in [0, 0.05) is 11.8 Å². The molecular formula is C17H23FN2O2. The summed E-state index contributed by atoms with van der Waals surface area (Å²) >= 11 is 0. The maximum Gasteiger partial charge on any atom is 0.241 e. The molecule has 0 radical (unpaired) electrons. The van der Waals surface area contributed by atoms with Gasteiger partial charge in [-0.25, -0.2) is 4.39 Å². The Bertz CT molecular complexity index is 523. The maximum atomic E-state index is 14.1. The zero-order chi connectivity index (χ0) is 15.4. The number of anilines is 1. The highest BCUT2D eigenvalue weighted by molar-refractivity contribution is 5.94. The minimum Gasteiger partial charge on any atom is -0.487 e. The van der Waals surface area contributed by atoms with E-state index in [2.05, 4.69) is 10.6 Å². The normalized spacial score (nSPS) is 22.5. The van der Waals surface area contributed by atoms with Crippen LogP contribution in [0.3, 0.4) is 0 Å². The number of carbonyl (C=O) groups excluding carboxylic acids is 1. The molecular weight excluding hydrogens is 283 g/mol. The first-order valence-electron chi connectivity index (χ1n) is 8.23. The van der Waals surface area contributed by atoms with Gasteiger partial charge in [-0.15, -0.1) is 0 Å². The molecule has 0 bridgehead atoms. The second kappa shape index (κ2) is 7.09. The summed E-state index contributed by atoms with van der Waals surface area (Å²) in [6.07, 6.45) is 7.39. The van der Waals surface area contributed by atoms with E-state index in [-0.39, 0.29) is 23.8 Å². The molecule has 4 nitrogen and oxygen atoms in total. The van der Waals surface area contributed by atoms with Crippen molar-refractivity contribution in [2.24, 2.45) is 0 Å². The van der Waals surface area contributed by atoms with E-state index in [1.165, 1.54) is 6.07 Å². The summed E-state index contributed by atoms with van der Waals surface area (Å²) in [5.41, 5.74) is 0.480. The minimum absolute atomic E-state index is 0.0939. The van der Waals surface area contributed by atoms with Gasteiger partial charge in [0.2, 0.25) is 5.91 Å². The molecule has 1 aliphatic carbocycles. The van der Waals surface area contributed by atoms with Crippen molar-refractivity contribution in [1.29, 1.82) is 0 Å². The summed E-state index contributed by atoms with van der Waals surface area (Å²) in [6.45, 7) is 0.862. The van der Waals surface area contributed by atoms with Gasteiger partial charge in [-0.1, -0.05) is 6.42 Å². The SMILES string of the molecule is O=C(Nc1ccc(OC2CCCC2)c(F)c1)C1CCCCN1. The molecule has 3 rings (SSSR count). The zero-order valence-electron chi connectivity index (χ0n) is 12.7. The molecule has 22 heavy (non-hydrogen) atoms. The van der Waals surface area contributed by atoms with Crippen LogP contribution in [0.5, 0.6) is 5.75 Å². The summed E-state index contributed by atoms with van der Waals surface area (Å²) < 4.78 is 19.8. The molecule has 1 saturated carbocycles. The van der Waals surface area contributed by atoms with Crippen molar-refractivity contribution in [3.05, 3.63) is 24.0 Å². The minimum atomic E-state index is -0.415. The largest absolute Gasteiger partial charge is 0.487 e. The lowest BCUT2D eigenvalue weighted by molar-refractivity contribution is -0.118. The molecule has 0 spiro atoms. The van der Waals surface area contributed by atoms with Crippen LogP contribution in [0.2, 0.25) is 0 Å². The van der Waals surface area contributed by atoms with Gasteiger partial charge < -0.3 is 15.4 Å². The molecule has 1 aromatic rings. The Morgan fingerprint density at radius 3 is 2.64 bits per heavy atom. The highest BCUT2D eigenvalue weighted by atomic mass is 19.1. The van der Waals surface area contributed by atoms with Crippen molar-refractivity contribution in [2.75, 3.05) is 11.9 Å². The van der Waals surface area contributed by atoms with Crippen molar-refractivity contribution in [3.8, 4) is 5.75 Å². The predicted octanol–water partition coefficient (Wildman–Crippen LogP) is 3.23. The van der Waals surface area contributed by atoms with Crippen LogP contribution in [0.4, 0.5) is 10.1 Å². The van der Waals surface area contributed by atoms with Crippen LogP contribution in [0.15, 0.2) is 18.2 Å². The molecule has 2 N–H and O–H groups in total. The van der Waals surface area contributed by atoms with E-state index in [0.717, 1.165) is 51.5 Å². The van der Waals surface area contributed by atoms with E-state index in [1.807, 2.05) is 0 Å². The number of ether oxygens (including phenoxy) is 1. The Morgan fingerprint density at radius 1 is 1.18 bits per heavy atom. The topological polar surface area (TPSA) is 50.4 Å². The molecule has 1 unspecified atom stereocenters. The van der Waals surface area contributed by atoms with Gasteiger partial charge >= 0.3 is 0 Å². The first-order valence-corrected chi connectivity index (χ1v) is 8.23. The smallest absolute Gasteiger partial charge is 0.241 e. The lowest BCUT2D eigenvalue weighted by Crippen LogP contribution is -2.43. The number of hydrogen-bond donors (Lipinski definition) is 2. The Morgan fingerprint density at radius 2 is 1.95 bits per heavy atom. The number of piperidine rings is 1. The summed E-state index contributed by atoms with van der Waals surface area (Å²) in [5.74, 6) is -0.231. The Labute approximate surface area is 130 Å². The fourth-order valence-electron chi connectivity index (χ4n) is 3.16. The number of rotatable bonds is 4. The number of halogens is 1. The van der Waals surface area contributed by atoms with Crippen LogP contribution in [0.1, 0.15) is 44.9 Å². The van der Waals surface area contributed by atoms with Crippen molar-refractivity contribution in [3.63, 3.8) is 0 Å². The molecule has 1 saturated heterocycles.